The van der Waals surface area contributed by atoms with Crippen molar-refractivity contribution in [2.24, 2.45) is 0 Å². The lowest BCUT2D eigenvalue weighted by atomic mass is 10.1. The first-order valence-electron chi connectivity index (χ1n) is 4.50. The molecule has 0 saturated carbocycles. The van der Waals surface area contributed by atoms with Crippen molar-refractivity contribution in [3.8, 4) is 6.07 Å². The molecule has 0 aromatic heterocycles. The van der Waals surface area contributed by atoms with Gasteiger partial charge in [0.1, 0.15) is 0 Å². The third kappa shape index (κ3) is 10.8. The Morgan fingerprint density at radius 3 is 2.46 bits per heavy atom. The van der Waals surface area contributed by atoms with Crippen LogP contribution >= 0.6 is 0 Å². The largest absolute Gasteiger partial charge is 0.505 e. The molecule has 0 atom stereocenters. The van der Waals surface area contributed by atoms with Crippen molar-refractivity contribution in [2.45, 2.75) is 38.5 Å². The number of ether oxygens (including phenoxy) is 1. The van der Waals surface area contributed by atoms with E-state index in [0.29, 0.717) is 6.42 Å². The van der Waals surface area contributed by atoms with Gasteiger partial charge in [-0.1, -0.05) is 19.3 Å². The van der Waals surface area contributed by atoms with Crippen molar-refractivity contribution in [3.63, 3.8) is 0 Å². The highest BCUT2D eigenvalue weighted by Gasteiger charge is 1.95. The van der Waals surface area contributed by atoms with Crippen molar-refractivity contribution in [2.75, 3.05) is 6.61 Å². The fourth-order valence-corrected chi connectivity index (χ4v) is 0.996. The first-order valence-corrected chi connectivity index (χ1v) is 4.50. The molecule has 0 aliphatic rings. The lowest BCUT2D eigenvalue weighted by Gasteiger charge is -1.99. The van der Waals surface area contributed by atoms with E-state index in [4.69, 9.17) is 10.4 Å². The standard InChI is InChI=1S/C9H15NO3/c10-7-5-3-1-2-4-6-8-13-9(11)12/h1-6,8H2,(H,11,12). The van der Waals surface area contributed by atoms with Gasteiger partial charge >= 0.3 is 6.16 Å². The number of carbonyl (C=O) groups is 1. The molecule has 0 heterocycles. The summed E-state index contributed by atoms with van der Waals surface area (Å²) in [6.07, 6.45) is 4.19. The predicted molar refractivity (Wildman–Crippen MR) is 47.3 cm³/mol. The Morgan fingerprint density at radius 2 is 1.85 bits per heavy atom. The van der Waals surface area contributed by atoms with Crippen LogP contribution in [0.3, 0.4) is 0 Å². The Bertz CT molecular complexity index is 174. The Labute approximate surface area is 78.1 Å². The zero-order chi connectivity index (χ0) is 9.94. The van der Waals surface area contributed by atoms with Gasteiger partial charge in [0.15, 0.2) is 0 Å². The van der Waals surface area contributed by atoms with E-state index in [2.05, 4.69) is 10.8 Å². The number of carboxylic acid groups (broad SMARTS) is 1. The maximum Gasteiger partial charge on any atom is 0.505 e. The lowest BCUT2D eigenvalue weighted by molar-refractivity contribution is 0.0899. The molecule has 4 heteroatoms. The summed E-state index contributed by atoms with van der Waals surface area (Å²) in [6.45, 7) is 0.285. The number of nitrogens with zero attached hydrogens (tertiary/aromatic N) is 1. The van der Waals surface area contributed by atoms with E-state index in [1.165, 1.54) is 0 Å². The van der Waals surface area contributed by atoms with Crippen LogP contribution < -0.4 is 0 Å². The summed E-state index contributed by atoms with van der Waals surface area (Å²) in [5, 5.41) is 16.4. The fourth-order valence-electron chi connectivity index (χ4n) is 0.996. The van der Waals surface area contributed by atoms with Crippen LogP contribution in [0.4, 0.5) is 4.79 Å². The van der Waals surface area contributed by atoms with Crippen LogP contribution in [0, 0.1) is 11.3 Å². The van der Waals surface area contributed by atoms with Crippen LogP contribution in [0.15, 0.2) is 0 Å². The zero-order valence-electron chi connectivity index (χ0n) is 7.66. The first-order chi connectivity index (χ1) is 6.27. The molecule has 13 heavy (non-hydrogen) atoms. The minimum absolute atomic E-state index is 0.285. The van der Waals surface area contributed by atoms with Gasteiger partial charge in [0.05, 0.1) is 12.7 Å². The molecule has 0 rings (SSSR count). The molecule has 0 spiro atoms. The average Bonchev–Trinajstić information content (AvgIpc) is 2.09. The second kappa shape index (κ2) is 8.85. The van der Waals surface area contributed by atoms with Crippen LogP contribution in [0.25, 0.3) is 0 Å². The number of nitriles is 1. The predicted octanol–water partition coefficient (Wildman–Crippen LogP) is 2.55. The molecule has 0 amide bonds. The van der Waals surface area contributed by atoms with Crippen molar-refractivity contribution >= 4 is 6.16 Å². The fraction of sp³-hybridized carbons (Fsp3) is 0.778. The second-order valence-corrected chi connectivity index (χ2v) is 2.79. The van der Waals surface area contributed by atoms with Crippen LogP contribution in [0.2, 0.25) is 0 Å². The molecule has 0 unspecified atom stereocenters. The van der Waals surface area contributed by atoms with E-state index in [1.54, 1.807) is 0 Å². The van der Waals surface area contributed by atoms with Gasteiger partial charge in [0, 0.05) is 6.42 Å². The summed E-state index contributed by atoms with van der Waals surface area (Å²) in [5.74, 6) is 0. The van der Waals surface area contributed by atoms with Crippen molar-refractivity contribution < 1.29 is 14.6 Å². The summed E-state index contributed by atoms with van der Waals surface area (Å²) >= 11 is 0. The quantitative estimate of drug-likeness (QED) is 0.488. The Hall–Kier alpha value is -1.24. The SMILES string of the molecule is N#CCCCCCCCOC(=O)O. The minimum atomic E-state index is -1.20. The topological polar surface area (TPSA) is 70.3 Å². The normalized spacial score (nSPS) is 9.15. The van der Waals surface area contributed by atoms with E-state index in [1.807, 2.05) is 0 Å². The van der Waals surface area contributed by atoms with E-state index >= 15 is 0 Å². The number of hydrogen-bond acceptors (Lipinski definition) is 3. The molecule has 4 nitrogen and oxygen atoms in total. The summed E-state index contributed by atoms with van der Waals surface area (Å²) < 4.78 is 4.33. The van der Waals surface area contributed by atoms with Crippen LogP contribution in [-0.2, 0) is 4.74 Å². The van der Waals surface area contributed by atoms with E-state index < -0.39 is 6.16 Å². The smallest absolute Gasteiger partial charge is 0.450 e. The highest BCUT2D eigenvalue weighted by atomic mass is 16.7. The van der Waals surface area contributed by atoms with Gasteiger partial charge in [-0.15, -0.1) is 0 Å². The molecule has 74 valence electrons. The maximum absolute atomic E-state index is 9.92. The van der Waals surface area contributed by atoms with Crippen molar-refractivity contribution in [1.29, 1.82) is 5.26 Å². The first kappa shape index (κ1) is 11.8. The molecule has 0 radical (unpaired) electrons. The Kier molecular flexibility index (Phi) is 8.01. The summed E-state index contributed by atoms with van der Waals surface area (Å²) in [7, 11) is 0. The van der Waals surface area contributed by atoms with Crippen LogP contribution in [0.5, 0.6) is 0 Å². The van der Waals surface area contributed by atoms with Gasteiger partial charge < -0.3 is 9.84 Å². The molecule has 0 aromatic carbocycles. The Balaban J connectivity index is 2.92. The number of hydrogen-bond donors (Lipinski definition) is 1. The van der Waals surface area contributed by atoms with E-state index in [9.17, 15) is 4.79 Å². The molecule has 1 N–H and O–H groups in total. The van der Waals surface area contributed by atoms with Gasteiger partial charge in [-0.3, -0.25) is 0 Å². The third-order valence-corrected chi connectivity index (χ3v) is 1.66. The highest BCUT2D eigenvalue weighted by molar-refractivity contribution is 5.56. The van der Waals surface area contributed by atoms with Gasteiger partial charge in [-0.2, -0.15) is 5.26 Å². The highest BCUT2D eigenvalue weighted by Crippen LogP contribution is 2.04. The molecule has 0 aromatic rings. The van der Waals surface area contributed by atoms with Crippen LogP contribution in [-0.4, -0.2) is 17.9 Å². The maximum atomic E-state index is 9.92. The molecule has 0 bridgehead atoms. The number of unbranched alkanes of at least 4 members (excludes halogenated alkanes) is 5. The van der Waals surface area contributed by atoms with E-state index in [-0.39, 0.29) is 6.61 Å². The van der Waals surface area contributed by atoms with E-state index in [0.717, 1.165) is 32.1 Å². The molecule has 0 saturated heterocycles. The summed E-state index contributed by atoms with van der Waals surface area (Å²) in [6, 6.07) is 2.08. The molecule has 0 fully saturated rings. The lowest BCUT2D eigenvalue weighted by Crippen LogP contribution is -2.01. The number of rotatable bonds is 7. The minimum Gasteiger partial charge on any atom is -0.450 e. The second-order valence-electron chi connectivity index (χ2n) is 2.79. The third-order valence-electron chi connectivity index (χ3n) is 1.66. The monoisotopic (exact) mass is 185 g/mol. The van der Waals surface area contributed by atoms with Crippen LogP contribution in [0.1, 0.15) is 38.5 Å². The molecular weight excluding hydrogens is 170 g/mol. The van der Waals surface area contributed by atoms with Crippen molar-refractivity contribution in [3.05, 3.63) is 0 Å². The van der Waals surface area contributed by atoms with Gasteiger partial charge in [-0.05, 0) is 12.8 Å². The summed E-state index contributed by atoms with van der Waals surface area (Å²) in [4.78, 5) is 9.92. The average molecular weight is 185 g/mol. The Morgan fingerprint density at radius 1 is 1.23 bits per heavy atom. The summed E-state index contributed by atoms with van der Waals surface area (Å²) in [5.41, 5.74) is 0. The van der Waals surface area contributed by atoms with Gasteiger partial charge in [0.2, 0.25) is 0 Å². The molecular formula is C9H15NO3. The van der Waals surface area contributed by atoms with Gasteiger partial charge in [-0.25, -0.2) is 4.79 Å². The van der Waals surface area contributed by atoms with Crippen molar-refractivity contribution in [1.82, 2.24) is 0 Å². The molecule has 0 aliphatic carbocycles. The van der Waals surface area contributed by atoms with Gasteiger partial charge in [0.25, 0.3) is 0 Å². The molecule has 0 aliphatic heterocycles. The zero-order valence-corrected chi connectivity index (χ0v) is 7.66.